The summed E-state index contributed by atoms with van der Waals surface area (Å²) in [4.78, 5) is 30.7. The molecule has 0 saturated carbocycles. The molecule has 0 spiro atoms. The van der Waals surface area contributed by atoms with Crippen LogP contribution in [0, 0.1) is 10.1 Å². The van der Waals surface area contributed by atoms with Crippen LogP contribution >= 0.6 is 0 Å². The molecule has 3 heterocycles. The van der Waals surface area contributed by atoms with E-state index in [1.807, 2.05) is 0 Å². The van der Waals surface area contributed by atoms with Crippen molar-refractivity contribution in [2.24, 2.45) is 0 Å². The summed E-state index contributed by atoms with van der Waals surface area (Å²) in [7, 11) is 0. The van der Waals surface area contributed by atoms with Crippen molar-refractivity contribution in [3.05, 3.63) is 82.1 Å². The largest absolute Gasteiger partial charge is 0.455 e. The number of ether oxygens (including phenoxy) is 1. The van der Waals surface area contributed by atoms with Crippen LogP contribution in [0.5, 0.6) is 11.5 Å². The zero-order valence-corrected chi connectivity index (χ0v) is 16.7. The highest BCUT2D eigenvalue weighted by Crippen LogP contribution is 2.30. The summed E-state index contributed by atoms with van der Waals surface area (Å²) in [6, 6.07) is 8.03. The summed E-state index contributed by atoms with van der Waals surface area (Å²) in [5, 5.41) is 17.4. The van der Waals surface area contributed by atoms with Gasteiger partial charge in [0.2, 0.25) is 0 Å². The second kappa shape index (κ2) is 9.09. The van der Waals surface area contributed by atoms with Crippen molar-refractivity contribution in [2.45, 2.75) is 12.9 Å². The van der Waals surface area contributed by atoms with Gasteiger partial charge in [0.25, 0.3) is 24.4 Å². The molecule has 4 aromatic rings. The second-order valence-electron chi connectivity index (χ2n) is 6.72. The molecule has 0 unspecified atom stereocenters. The van der Waals surface area contributed by atoms with Gasteiger partial charge in [-0.2, -0.15) is 5.10 Å². The summed E-state index contributed by atoms with van der Waals surface area (Å²) in [6.07, 6.45) is -3.41. The Labute approximate surface area is 187 Å². The molecule has 14 heteroatoms. The number of aromatic nitrogens is 4. The van der Waals surface area contributed by atoms with E-state index in [9.17, 15) is 32.5 Å². The molecule has 3 aromatic heterocycles. The number of amides is 1. The summed E-state index contributed by atoms with van der Waals surface area (Å²) in [5.74, 6) is -0.658. The molecule has 34 heavy (non-hydrogen) atoms. The van der Waals surface area contributed by atoms with Gasteiger partial charge in [-0.25, -0.2) is 27.1 Å². The molecule has 0 atom stereocenters. The molecule has 1 N–H and O–H groups in total. The van der Waals surface area contributed by atoms with Crippen molar-refractivity contribution < 1.29 is 32.0 Å². The topological polar surface area (TPSA) is 125 Å². The lowest BCUT2D eigenvalue weighted by atomic mass is 10.2. The van der Waals surface area contributed by atoms with E-state index in [-0.39, 0.29) is 17.2 Å². The third-order valence-corrected chi connectivity index (χ3v) is 4.38. The zero-order chi connectivity index (χ0) is 24.4. The molecule has 0 saturated heterocycles. The molecule has 0 fully saturated rings. The lowest BCUT2D eigenvalue weighted by molar-refractivity contribution is -0.384. The Kier molecular flexibility index (Phi) is 6.03. The fraction of sp³-hybridized carbons (Fsp3) is 0.100. The van der Waals surface area contributed by atoms with Crippen molar-refractivity contribution >= 4 is 22.9 Å². The van der Waals surface area contributed by atoms with E-state index >= 15 is 0 Å². The van der Waals surface area contributed by atoms with Crippen LogP contribution in [0.25, 0.3) is 5.65 Å². The molecular weight excluding hydrogens is 464 g/mol. The van der Waals surface area contributed by atoms with Gasteiger partial charge in [-0.05, 0) is 18.2 Å². The third kappa shape index (κ3) is 4.74. The minimum atomic E-state index is -3.16. The summed E-state index contributed by atoms with van der Waals surface area (Å²) >= 11 is 0. The number of nitrogens with one attached hydrogen (secondary N) is 1. The first-order chi connectivity index (χ1) is 16.2. The Bertz CT molecular complexity index is 1380. The van der Waals surface area contributed by atoms with Crippen LogP contribution in [0.15, 0.2) is 54.9 Å². The predicted molar refractivity (Wildman–Crippen MR) is 108 cm³/mol. The van der Waals surface area contributed by atoms with Gasteiger partial charge in [0, 0.05) is 24.4 Å². The molecule has 0 aliphatic carbocycles. The third-order valence-electron chi connectivity index (χ3n) is 4.38. The number of benzene rings is 1. The maximum absolute atomic E-state index is 13.3. The van der Waals surface area contributed by atoms with Gasteiger partial charge in [-0.3, -0.25) is 19.9 Å². The average Bonchev–Trinajstić information content (AvgIpc) is 3.23. The fourth-order valence-electron chi connectivity index (χ4n) is 2.95. The smallest absolute Gasteiger partial charge is 0.280 e. The number of non-ortho nitro benzene ring substituents is 1. The highest BCUT2D eigenvalue weighted by atomic mass is 19.3. The number of hydrogen-bond acceptors (Lipinski definition) is 7. The van der Waals surface area contributed by atoms with E-state index < -0.39 is 52.1 Å². The van der Waals surface area contributed by atoms with Crippen LogP contribution in [0.3, 0.4) is 0 Å². The van der Waals surface area contributed by atoms with Crippen molar-refractivity contribution in [2.75, 3.05) is 5.32 Å². The number of carbonyl (C=O) groups excluding carboxylic acids is 1. The van der Waals surface area contributed by atoms with E-state index in [0.29, 0.717) is 10.6 Å². The van der Waals surface area contributed by atoms with Crippen molar-refractivity contribution in [1.29, 1.82) is 0 Å². The fourth-order valence-corrected chi connectivity index (χ4v) is 2.95. The molecule has 1 amide bonds. The number of fused-ring (bicyclic) bond motifs is 1. The standard InChI is InChI=1S/C20H12F4N6O4/c21-18(22)14-7-16(19(23)24)29-17(27-14)8-15(28-29)20(31)26-10-4-11(30(32)33)6-13(5-10)34-12-2-1-3-25-9-12/h1-9,18-19H,(H,26,31). The molecule has 4 rings (SSSR count). The van der Waals surface area contributed by atoms with Crippen LogP contribution in [-0.4, -0.2) is 30.4 Å². The van der Waals surface area contributed by atoms with Crippen LogP contribution < -0.4 is 10.1 Å². The van der Waals surface area contributed by atoms with Gasteiger partial charge in [-0.15, -0.1) is 0 Å². The van der Waals surface area contributed by atoms with Gasteiger partial charge < -0.3 is 10.1 Å². The maximum Gasteiger partial charge on any atom is 0.280 e. The number of pyridine rings is 1. The number of alkyl halides is 4. The number of halogens is 4. The SMILES string of the molecule is O=C(Nc1cc(Oc2cccnc2)cc([N+](=O)[O-])c1)c1cc2nc(C(F)F)cc(C(F)F)n2n1. The van der Waals surface area contributed by atoms with Crippen LogP contribution in [0.2, 0.25) is 0 Å². The number of anilines is 1. The molecule has 174 valence electrons. The van der Waals surface area contributed by atoms with Gasteiger partial charge in [0.1, 0.15) is 22.9 Å². The van der Waals surface area contributed by atoms with Crippen molar-refractivity contribution in [1.82, 2.24) is 19.6 Å². The average molecular weight is 476 g/mol. The van der Waals surface area contributed by atoms with Gasteiger partial charge in [0.05, 0.1) is 22.9 Å². The number of carbonyl (C=O) groups is 1. The lowest BCUT2D eigenvalue weighted by Crippen LogP contribution is -2.13. The van der Waals surface area contributed by atoms with E-state index in [1.54, 1.807) is 12.1 Å². The maximum atomic E-state index is 13.3. The Morgan fingerprint density at radius 1 is 1.09 bits per heavy atom. The highest BCUT2D eigenvalue weighted by Gasteiger charge is 2.22. The Morgan fingerprint density at radius 3 is 2.53 bits per heavy atom. The van der Waals surface area contributed by atoms with E-state index in [1.165, 1.54) is 18.5 Å². The minimum Gasteiger partial charge on any atom is -0.455 e. The van der Waals surface area contributed by atoms with Crippen molar-refractivity contribution in [3.8, 4) is 11.5 Å². The second-order valence-corrected chi connectivity index (χ2v) is 6.72. The van der Waals surface area contributed by atoms with Crippen LogP contribution in [0.1, 0.15) is 34.7 Å². The summed E-state index contributed by atoms with van der Waals surface area (Å²) < 4.78 is 58.8. The Hall–Kier alpha value is -4.62. The zero-order valence-electron chi connectivity index (χ0n) is 16.7. The predicted octanol–water partition coefficient (Wildman–Crippen LogP) is 4.95. The number of nitro benzene ring substituents is 1. The number of rotatable bonds is 7. The molecule has 0 bridgehead atoms. The van der Waals surface area contributed by atoms with E-state index in [0.717, 1.165) is 18.2 Å². The van der Waals surface area contributed by atoms with Crippen LogP contribution in [-0.2, 0) is 0 Å². The lowest BCUT2D eigenvalue weighted by Gasteiger charge is -2.08. The highest BCUT2D eigenvalue weighted by molar-refractivity contribution is 6.03. The first kappa shape index (κ1) is 22.6. The first-order valence-corrected chi connectivity index (χ1v) is 9.37. The molecule has 0 aliphatic heterocycles. The summed E-state index contributed by atoms with van der Waals surface area (Å²) in [5.41, 5.74) is -3.06. The van der Waals surface area contributed by atoms with Gasteiger partial charge >= 0.3 is 0 Å². The quantitative estimate of drug-likeness (QED) is 0.227. The van der Waals surface area contributed by atoms with E-state index in [4.69, 9.17) is 4.74 Å². The number of nitrogens with zero attached hydrogens (tertiary/aromatic N) is 5. The van der Waals surface area contributed by atoms with Gasteiger partial charge in [0.15, 0.2) is 11.3 Å². The molecule has 0 radical (unpaired) electrons. The number of nitro groups is 1. The van der Waals surface area contributed by atoms with E-state index in [2.05, 4.69) is 20.4 Å². The molecular formula is C20H12F4N6O4. The Morgan fingerprint density at radius 2 is 1.88 bits per heavy atom. The van der Waals surface area contributed by atoms with Crippen molar-refractivity contribution in [3.63, 3.8) is 0 Å². The summed E-state index contributed by atoms with van der Waals surface area (Å²) in [6.45, 7) is 0. The molecule has 10 nitrogen and oxygen atoms in total. The van der Waals surface area contributed by atoms with Gasteiger partial charge in [-0.1, -0.05) is 0 Å². The molecule has 0 aliphatic rings. The Balaban J connectivity index is 1.66. The monoisotopic (exact) mass is 476 g/mol. The minimum absolute atomic E-state index is 0.00994. The van der Waals surface area contributed by atoms with Crippen LogP contribution in [0.4, 0.5) is 28.9 Å². The normalized spacial score (nSPS) is 11.2. The molecule has 1 aromatic carbocycles. The first-order valence-electron chi connectivity index (χ1n) is 9.37. The number of hydrogen-bond donors (Lipinski definition) is 1.